The fraction of sp³-hybridized carbons (Fsp3) is 0.294. The second-order valence-corrected chi connectivity index (χ2v) is 4.92. The van der Waals surface area contributed by atoms with Gasteiger partial charge in [-0.2, -0.15) is 0 Å². The number of benzene rings is 2. The van der Waals surface area contributed by atoms with Crippen molar-refractivity contribution in [2.24, 2.45) is 0 Å². The first kappa shape index (κ1) is 16.8. The van der Waals surface area contributed by atoms with Gasteiger partial charge in [0.15, 0.2) is 6.61 Å². The zero-order chi connectivity index (χ0) is 16.5. The molecule has 2 rings (SSSR count). The lowest BCUT2D eigenvalue weighted by Gasteiger charge is -2.08. The van der Waals surface area contributed by atoms with Crippen LogP contribution in [0.3, 0.4) is 0 Å². The van der Waals surface area contributed by atoms with Gasteiger partial charge in [0.1, 0.15) is 5.75 Å². The van der Waals surface area contributed by atoms with Crippen LogP contribution in [0.15, 0.2) is 42.5 Å². The molecule has 0 aromatic heterocycles. The molecule has 6 nitrogen and oxygen atoms in total. The molecule has 0 heterocycles. The van der Waals surface area contributed by atoms with Crippen LogP contribution >= 0.6 is 0 Å². The molecule has 0 spiro atoms. The summed E-state index contributed by atoms with van der Waals surface area (Å²) in [7, 11) is 1.55. The molecule has 0 aliphatic rings. The lowest BCUT2D eigenvalue weighted by molar-refractivity contribution is -0.127. The number of hydrogen-bond donors (Lipinski definition) is 2. The van der Waals surface area contributed by atoms with Crippen LogP contribution in [0.4, 0.5) is 0 Å². The molecule has 0 saturated heterocycles. The van der Waals surface area contributed by atoms with E-state index in [1.807, 2.05) is 42.5 Å². The van der Waals surface area contributed by atoms with E-state index in [1.165, 1.54) is 0 Å². The van der Waals surface area contributed by atoms with Gasteiger partial charge >= 0.3 is 0 Å². The van der Waals surface area contributed by atoms with Gasteiger partial charge in [-0.25, -0.2) is 0 Å². The number of ether oxygens (including phenoxy) is 2. The number of nitrogens with one attached hydrogen (secondary N) is 2. The van der Waals surface area contributed by atoms with Crippen LogP contribution in [-0.2, 0) is 14.3 Å². The van der Waals surface area contributed by atoms with Crippen molar-refractivity contribution in [1.29, 1.82) is 0 Å². The summed E-state index contributed by atoms with van der Waals surface area (Å²) in [4.78, 5) is 23.1. The van der Waals surface area contributed by atoms with E-state index in [9.17, 15) is 9.59 Å². The van der Waals surface area contributed by atoms with E-state index in [-0.39, 0.29) is 25.0 Å². The Bertz CT molecular complexity index is 672. The van der Waals surface area contributed by atoms with Crippen LogP contribution in [0.25, 0.3) is 10.8 Å². The maximum Gasteiger partial charge on any atom is 0.258 e. The highest BCUT2D eigenvalue weighted by molar-refractivity contribution is 5.86. The molecule has 0 aliphatic carbocycles. The molecule has 0 radical (unpaired) electrons. The smallest absolute Gasteiger partial charge is 0.258 e. The third-order valence-electron chi connectivity index (χ3n) is 3.17. The Morgan fingerprint density at radius 2 is 1.78 bits per heavy atom. The van der Waals surface area contributed by atoms with Gasteiger partial charge in [-0.15, -0.1) is 0 Å². The minimum absolute atomic E-state index is 0.0797. The van der Waals surface area contributed by atoms with Gasteiger partial charge in [-0.1, -0.05) is 30.3 Å². The lowest BCUT2D eigenvalue weighted by atomic mass is 10.1. The zero-order valence-corrected chi connectivity index (χ0v) is 13.0. The fourth-order valence-corrected chi connectivity index (χ4v) is 1.99. The SMILES string of the molecule is COCCNC(=O)CNC(=O)COc1ccc2ccccc2c1. The van der Waals surface area contributed by atoms with Crippen LogP contribution in [-0.4, -0.2) is 45.2 Å². The molecular formula is C17H20N2O4. The fourth-order valence-electron chi connectivity index (χ4n) is 1.99. The van der Waals surface area contributed by atoms with E-state index in [2.05, 4.69) is 10.6 Å². The summed E-state index contributed by atoms with van der Waals surface area (Å²) in [6, 6.07) is 13.5. The van der Waals surface area contributed by atoms with Gasteiger partial charge in [0.05, 0.1) is 13.2 Å². The molecule has 122 valence electrons. The van der Waals surface area contributed by atoms with Crippen molar-refractivity contribution in [3.8, 4) is 5.75 Å². The van der Waals surface area contributed by atoms with Crippen molar-refractivity contribution in [1.82, 2.24) is 10.6 Å². The quantitative estimate of drug-likeness (QED) is 0.715. The predicted octanol–water partition coefficient (Wildman–Crippen LogP) is 1.10. The molecule has 2 N–H and O–H groups in total. The highest BCUT2D eigenvalue weighted by atomic mass is 16.5. The number of methoxy groups -OCH3 is 1. The van der Waals surface area contributed by atoms with Gasteiger partial charge in [0.25, 0.3) is 5.91 Å². The number of rotatable bonds is 8. The molecule has 0 unspecified atom stereocenters. The van der Waals surface area contributed by atoms with Crippen molar-refractivity contribution >= 4 is 22.6 Å². The first-order valence-corrected chi connectivity index (χ1v) is 7.33. The van der Waals surface area contributed by atoms with Crippen LogP contribution in [0.2, 0.25) is 0 Å². The summed E-state index contributed by atoms with van der Waals surface area (Å²) in [5.41, 5.74) is 0. The molecule has 2 aromatic rings. The Morgan fingerprint density at radius 1 is 1.00 bits per heavy atom. The first-order chi connectivity index (χ1) is 11.2. The summed E-state index contributed by atoms with van der Waals surface area (Å²) in [5.74, 6) is 0.00421. The Labute approximate surface area is 134 Å². The van der Waals surface area contributed by atoms with Crippen LogP contribution in [0.5, 0.6) is 5.75 Å². The van der Waals surface area contributed by atoms with Gasteiger partial charge in [0.2, 0.25) is 5.91 Å². The number of amides is 2. The lowest BCUT2D eigenvalue weighted by Crippen LogP contribution is -2.39. The Kier molecular flexibility index (Phi) is 6.38. The molecule has 2 amide bonds. The standard InChI is InChI=1S/C17H20N2O4/c1-22-9-8-18-16(20)11-19-17(21)12-23-15-7-6-13-4-2-3-5-14(13)10-15/h2-7,10H,8-9,11-12H2,1H3,(H,18,20)(H,19,21). The summed E-state index contributed by atoms with van der Waals surface area (Å²) in [6.07, 6.45) is 0. The van der Waals surface area contributed by atoms with Crippen LogP contribution in [0, 0.1) is 0 Å². The maximum absolute atomic E-state index is 11.7. The highest BCUT2D eigenvalue weighted by Gasteiger charge is 2.06. The van der Waals surface area contributed by atoms with Gasteiger partial charge in [-0.05, 0) is 22.9 Å². The second-order valence-electron chi connectivity index (χ2n) is 4.92. The van der Waals surface area contributed by atoms with Crippen molar-refractivity contribution in [2.75, 3.05) is 33.4 Å². The Morgan fingerprint density at radius 3 is 2.57 bits per heavy atom. The predicted molar refractivity (Wildman–Crippen MR) is 87.3 cm³/mol. The number of fused-ring (bicyclic) bond motifs is 1. The van der Waals surface area contributed by atoms with E-state index in [4.69, 9.17) is 9.47 Å². The van der Waals surface area contributed by atoms with Crippen LogP contribution in [0.1, 0.15) is 0 Å². The molecule has 0 bridgehead atoms. The van der Waals surface area contributed by atoms with E-state index in [0.717, 1.165) is 10.8 Å². The monoisotopic (exact) mass is 316 g/mol. The second kappa shape index (κ2) is 8.75. The van der Waals surface area contributed by atoms with Crippen molar-refractivity contribution in [2.45, 2.75) is 0 Å². The maximum atomic E-state index is 11.7. The first-order valence-electron chi connectivity index (χ1n) is 7.33. The Balaban J connectivity index is 1.74. The third kappa shape index (κ3) is 5.60. The van der Waals surface area contributed by atoms with E-state index >= 15 is 0 Å². The summed E-state index contributed by atoms with van der Waals surface area (Å²) < 4.78 is 10.3. The minimum Gasteiger partial charge on any atom is -0.484 e. The number of carbonyl (C=O) groups is 2. The molecule has 6 heteroatoms. The number of carbonyl (C=O) groups excluding carboxylic acids is 2. The van der Waals surface area contributed by atoms with Crippen molar-refractivity contribution in [3.63, 3.8) is 0 Å². The van der Waals surface area contributed by atoms with Gasteiger partial charge < -0.3 is 20.1 Å². The zero-order valence-electron chi connectivity index (χ0n) is 13.0. The molecule has 23 heavy (non-hydrogen) atoms. The van der Waals surface area contributed by atoms with Crippen LogP contribution < -0.4 is 15.4 Å². The molecule has 0 atom stereocenters. The molecule has 0 saturated carbocycles. The number of hydrogen-bond acceptors (Lipinski definition) is 4. The largest absolute Gasteiger partial charge is 0.484 e. The molecule has 0 fully saturated rings. The van der Waals surface area contributed by atoms with E-state index in [1.54, 1.807) is 7.11 Å². The van der Waals surface area contributed by atoms with Crippen molar-refractivity contribution < 1.29 is 19.1 Å². The molecule has 0 aliphatic heterocycles. The average molecular weight is 316 g/mol. The molecule has 2 aromatic carbocycles. The summed E-state index contributed by atoms with van der Waals surface area (Å²) in [5, 5.41) is 7.27. The summed E-state index contributed by atoms with van der Waals surface area (Å²) in [6.45, 7) is 0.636. The minimum atomic E-state index is -0.347. The van der Waals surface area contributed by atoms with E-state index in [0.29, 0.717) is 18.9 Å². The van der Waals surface area contributed by atoms with Gasteiger partial charge in [0, 0.05) is 13.7 Å². The van der Waals surface area contributed by atoms with Crippen molar-refractivity contribution in [3.05, 3.63) is 42.5 Å². The van der Waals surface area contributed by atoms with E-state index < -0.39 is 0 Å². The highest BCUT2D eigenvalue weighted by Crippen LogP contribution is 2.20. The average Bonchev–Trinajstić information content (AvgIpc) is 2.58. The summed E-state index contributed by atoms with van der Waals surface area (Å²) >= 11 is 0. The normalized spacial score (nSPS) is 10.3. The molecular weight excluding hydrogens is 296 g/mol. The topological polar surface area (TPSA) is 76.7 Å². The van der Waals surface area contributed by atoms with Gasteiger partial charge in [-0.3, -0.25) is 9.59 Å². The Hall–Kier alpha value is -2.60. The third-order valence-corrected chi connectivity index (χ3v) is 3.17.